The highest BCUT2D eigenvalue weighted by molar-refractivity contribution is 8.00. The van der Waals surface area contributed by atoms with Crippen LogP contribution in [0.1, 0.15) is 23.2 Å². The van der Waals surface area contributed by atoms with Crippen molar-refractivity contribution < 1.29 is 18.0 Å². The van der Waals surface area contributed by atoms with Crippen molar-refractivity contribution in [2.45, 2.75) is 23.2 Å². The molecule has 0 atom stereocenters. The molecule has 0 radical (unpaired) electrons. The Kier molecular flexibility index (Phi) is 3.85. The van der Waals surface area contributed by atoms with E-state index >= 15 is 0 Å². The first-order chi connectivity index (χ1) is 8.46. The summed E-state index contributed by atoms with van der Waals surface area (Å²) in [6.07, 6.45) is 1.99. The van der Waals surface area contributed by atoms with Crippen LogP contribution in [0.5, 0.6) is 0 Å². The number of rotatable bonds is 2. The first kappa shape index (κ1) is 13.3. The van der Waals surface area contributed by atoms with Crippen molar-refractivity contribution >= 4 is 17.7 Å². The first-order valence-electron chi connectivity index (χ1n) is 5.61. The number of hydrogen-bond donors (Lipinski definition) is 0. The number of carbonyl (C=O) groups excluding carboxylic acids is 1. The van der Waals surface area contributed by atoms with Crippen molar-refractivity contribution in [3.05, 3.63) is 29.8 Å². The molecule has 1 fully saturated rings. The second-order valence-corrected chi connectivity index (χ2v) is 5.21. The number of halogens is 3. The Labute approximate surface area is 107 Å². The fraction of sp³-hybridized carbons (Fsp3) is 0.417. The van der Waals surface area contributed by atoms with Gasteiger partial charge in [0, 0.05) is 23.5 Å². The standard InChI is InChI=1S/C12H12F3NOS/c13-12(14,15)18-10-5-3-9(4-6-10)11(17)16-7-1-2-8-16/h3-6H,1-2,7-8H2. The Morgan fingerprint density at radius 1 is 1.11 bits per heavy atom. The molecule has 1 aliphatic heterocycles. The van der Waals surface area contributed by atoms with E-state index in [0.717, 1.165) is 25.9 Å². The number of nitrogens with zero attached hydrogens (tertiary/aromatic N) is 1. The fourth-order valence-corrected chi connectivity index (χ4v) is 2.44. The number of thioether (sulfide) groups is 1. The number of likely N-dealkylation sites (tertiary alicyclic amines) is 1. The molecule has 0 spiro atoms. The summed E-state index contributed by atoms with van der Waals surface area (Å²) < 4.78 is 36.4. The van der Waals surface area contributed by atoms with E-state index in [0.29, 0.717) is 5.56 Å². The van der Waals surface area contributed by atoms with Gasteiger partial charge in [-0.25, -0.2) is 0 Å². The lowest BCUT2D eigenvalue weighted by molar-refractivity contribution is -0.0328. The van der Waals surface area contributed by atoms with Crippen LogP contribution in [0.3, 0.4) is 0 Å². The quantitative estimate of drug-likeness (QED) is 0.769. The fourth-order valence-electron chi connectivity index (χ4n) is 1.90. The number of amides is 1. The highest BCUT2D eigenvalue weighted by atomic mass is 32.2. The van der Waals surface area contributed by atoms with Gasteiger partial charge < -0.3 is 4.90 Å². The van der Waals surface area contributed by atoms with Crippen molar-refractivity contribution in [2.24, 2.45) is 0 Å². The molecular weight excluding hydrogens is 263 g/mol. The van der Waals surface area contributed by atoms with Crippen LogP contribution < -0.4 is 0 Å². The van der Waals surface area contributed by atoms with Crippen LogP contribution in [0.4, 0.5) is 13.2 Å². The predicted molar refractivity (Wildman–Crippen MR) is 63.5 cm³/mol. The van der Waals surface area contributed by atoms with Gasteiger partial charge in [-0.05, 0) is 48.9 Å². The Morgan fingerprint density at radius 3 is 2.17 bits per heavy atom. The van der Waals surface area contributed by atoms with Gasteiger partial charge in [0.25, 0.3) is 5.91 Å². The molecule has 1 aromatic rings. The minimum atomic E-state index is -4.29. The lowest BCUT2D eigenvalue weighted by Gasteiger charge is -2.15. The zero-order valence-electron chi connectivity index (χ0n) is 9.54. The summed E-state index contributed by atoms with van der Waals surface area (Å²) in [5, 5.41) is 0. The van der Waals surface area contributed by atoms with E-state index in [9.17, 15) is 18.0 Å². The maximum absolute atomic E-state index is 12.1. The third-order valence-electron chi connectivity index (χ3n) is 2.73. The first-order valence-corrected chi connectivity index (χ1v) is 6.42. The molecule has 0 saturated carbocycles. The number of benzene rings is 1. The maximum atomic E-state index is 12.1. The van der Waals surface area contributed by atoms with Crippen LogP contribution in [0.2, 0.25) is 0 Å². The third-order valence-corrected chi connectivity index (χ3v) is 3.47. The summed E-state index contributed by atoms with van der Waals surface area (Å²) in [4.78, 5) is 13.8. The summed E-state index contributed by atoms with van der Waals surface area (Å²) >= 11 is -0.171. The van der Waals surface area contributed by atoms with Crippen molar-refractivity contribution in [3.8, 4) is 0 Å². The molecular formula is C12H12F3NOS. The maximum Gasteiger partial charge on any atom is 0.446 e. The van der Waals surface area contributed by atoms with Crippen molar-refractivity contribution in [1.82, 2.24) is 4.90 Å². The van der Waals surface area contributed by atoms with Crippen LogP contribution >= 0.6 is 11.8 Å². The number of hydrogen-bond acceptors (Lipinski definition) is 2. The molecule has 6 heteroatoms. The van der Waals surface area contributed by atoms with E-state index in [1.54, 1.807) is 4.90 Å². The Morgan fingerprint density at radius 2 is 1.67 bits per heavy atom. The molecule has 2 nitrogen and oxygen atoms in total. The monoisotopic (exact) mass is 275 g/mol. The topological polar surface area (TPSA) is 20.3 Å². The predicted octanol–water partition coefficient (Wildman–Crippen LogP) is 3.53. The van der Waals surface area contributed by atoms with Crippen molar-refractivity contribution in [1.29, 1.82) is 0 Å². The molecule has 0 aliphatic carbocycles. The van der Waals surface area contributed by atoms with E-state index in [4.69, 9.17) is 0 Å². The average Bonchev–Trinajstić information content (AvgIpc) is 2.80. The van der Waals surface area contributed by atoms with Crippen LogP contribution in [0.15, 0.2) is 29.2 Å². The van der Waals surface area contributed by atoms with Gasteiger partial charge in [0.1, 0.15) is 0 Å². The lowest BCUT2D eigenvalue weighted by atomic mass is 10.2. The van der Waals surface area contributed by atoms with E-state index < -0.39 is 5.51 Å². The van der Waals surface area contributed by atoms with Crippen LogP contribution in [-0.2, 0) is 0 Å². The van der Waals surface area contributed by atoms with Gasteiger partial charge in [-0.1, -0.05) is 0 Å². The van der Waals surface area contributed by atoms with E-state index in [2.05, 4.69) is 0 Å². The number of carbonyl (C=O) groups is 1. The zero-order chi connectivity index (χ0) is 13.2. The van der Waals surface area contributed by atoms with Crippen LogP contribution in [-0.4, -0.2) is 29.4 Å². The summed E-state index contributed by atoms with van der Waals surface area (Å²) in [6.45, 7) is 1.47. The zero-order valence-corrected chi connectivity index (χ0v) is 10.4. The smallest absolute Gasteiger partial charge is 0.339 e. The minimum absolute atomic E-state index is 0.0977. The number of alkyl halides is 3. The molecule has 0 bridgehead atoms. The molecule has 1 aromatic carbocycles. The van der Waals surface area contributed by atoms with E-state index in [1.165, 1.54) is 24.3 Å². The molecule has 0 unspecified atom stereocenters. The molecule has 0 N–H and O–H groups in total. The summed E-state index contributed by atoms with van der Waals surface area (Å²) in [5.41, 5.74) is -3.84. The normalized spacial score (nSPS) is 16.1. The summed E-state index contributed by atoms with van der Waals surface area (Å²) in [6, 6.07) is 5.58. The van der Waals surface area contributed by atoms with Gasteiger partial charge >= 0.3 is 5.51 Å². The van der Waals surface area contributed by atoms with Gasteiger partial charge in [0.15, 0.2) is 0 Å². The molecule has 18 heavy (non-hydrogen) atoms. The highest BCUT2D eigenvalue weighted by Gasteiger charge is 2.29. The summed E-state index contributed by atoms with van der Waals surface area (Å²) in [7, 11) is 0. The minimum Gasteiger partial charge on any atom is -0.339 e. The molecule has 0 aromatic heterocycles. The molecule has 98 valence electrons. The summed E-state index contributed by atoms with van der Waals surface area (Å²) in [5.74, 6) is -0.101. The molecule has 2 rings (SSSR count). The van der Waals surface area contributed by atoms with Gasteiger partial charge in [-0.3, -0.25) is 4.79 Å². The Hall–Kier alpha value is -1.17. The van der Waals surface area contributed by atoms with E-state index in [1.807, 2.05) is 0 Å². The molecule has 1 saturated heterocycles. The largest absolute Gasteiger partial charge is 0.446 e. The van der Waals surface area contributed by atoms with Crippen LogP contribution in [0, 0.1) is 0 Å². The Bertz CT molecular complexity index is 424. The molecule has 1 aliphatic rings. The average molecular weight is 275 g/mol. The van der Waals surface area contributed by atoms with Gasteiger partial charge in [0.05, 0.1) is 0 Å². The van der Waals surface area contributed by atoms with Gasteiger partial charge in [-0.15, -0.1) is 0 Å². The van der Waals surface area contributed by atoms with Crippen LogP contribution in [0.25, 0.3) is 0 Å². The van der Waals surface area contributed by atoms with Crippen molar-refractivity contribution in [3.63, 3.8) is 0 Å². The molecule has 1 amide bonds. The SMILES string of the molecule is O=C(c1ccc(SC(F)(F)F)cc1)N1CCCC1. The Balaban J connectivity index is 2.05. The molecule has 1 heterocycles. The van der Waals surface area contributed by atoms with Gasteiger partial charge in [-0.2, -0.15) is 13.2 Å². The third kappa shape index (κ3) is 3.41. The second-order valence-electron chi connectivity index (χ2n) is 4.07. The van der Waals surface area contributed by atoms with Crippen molar-refractivity contribution in [2.75, 3.05) is 13.1 Å². The second kappa shape index (κ2) is 5.22. The highest BCUT2D eigenvalue weighted by Crippen LogP contribution is 2.36. The van der Waals surface area contributed by atoms with Gasteiger partial charge in [0.2, 0.25) is 0 Å². The lowest BCUT2D eigenvalue weighted by Crippen LogP contribution is -2.27. The van der Waals surface area contributed by atoms with E-state index in [-0.39, 0.29) is 22.6 Å².